The van der Waals surface area contributed by atoms with Gasteiger partial charge in [-0.05, 0) is 6.92 Å². The Labute approximate surface area is 108 Å². The molecule has 1 fully saturated rings. The van der Waals surface area contributed by atoms with Crippen molar-refractivity contribution in [3.63, 3.8) is 0 Å². The first-order valence-electron chi connectivity index (χ1n) is 5.77. The number of alkyl halides is 3. The predicted octanol–water partition coefficient (Wildman–Crippen LogP) is 1.35. The highest BCUT2D eigenvalue weighted by Gasteiger charge is 2.49. The van der Waals surface area contributed by atoms with Crippen LogP contribution in [0, 0.1) is 18.3 Å². The molecule has 0 N–H and O–H groups in total. The SMILES string of the molecule is C#CC1CC(=O)N(C(CC(=O)OCC)C(F)(F)F)C1. The highest BCUT2D eigenvalue weighted by atomic mass is 19.4. The average Bonchev–Trinajstić information content (AvgIpc) is 2.66. The molecule has 1 aliphatic rings. The van der Waals surface area contributed by atoms with Crippen molar-refractivity contribution in [2.24, 2.45) is 5.92 Å². The Bertz CT molecular complexity index is 400. The molecule has 1 aliphatic heterocycles. The number of nitrogens with zero attached hydrogens (tertiary/aromatic N) is 1. The van der Waals surface area contributed by atoms with Crippen molar-refractivity contribution in [1.29, 1.82) is 0 Å². The standard InChI is InChI=1S/C12H14F3NO3/c1-3-8-5-10(17)16(7-8)9(12(13,14)15)6-11(18)19-4-2/h1,8-9H,4-7H2,2H3. The number of hydrogen-bond donors (Lipinski definition) is 0. The fourth-order valence-electron chi connectivity index (χ4n) is 1.92. The van der Waals surface area contributed by atoms with E-state index in [0.717, 1.165) is 0 Å². The Morgan fingerprint density at radius 2 is 2.26 bits per heavy atom. The Morgan fingerprint density at radius 3 is 2.68 bits per heavy atom. The molecule has 0 aromatic rings. The minimum absolute atomic E-state index is 0.00959. The predicted molar refractivity (Wildman–Crippen MR) is 59.7 cm³/mol. The zero-order chi connectivity index (χ0) is 14.6. The molecule has 0 radical (unpaired) electrons. The summed E-state index contributed by atoms with van der Waals surface area (Å²) in [6.45, 7) is 1.30. The monoisotopic (exact) mass is 277 g/mol. The van der Waals surface area contributed by atoms with Crippen molar-refractivity contribution in [2.75, 3.05) is 13.2 Å². The van der Waals surface area contributed by atoms with Crippen molar-refractivity contribution in [2.45, 2.75) is 32.0 Å². The van der Waals surface area contributed by atoms with Gasteiger partial charge in [0.15, 0.2) is 0 Å². The highest BCUT2D eigenvalue weighted by molar-refractivity contribution is 5.80. The van der Waals surface area contributed by atoms with Gasteiger partial charge in [-0.25, -0.2) is 0 Å². The second-order valence-corrected chi connectivity index (χ2v) is 4.18. The zero-order valence-electron chi connectivity index (χ0n) is 10.4. The van der Waals surface area contributed by atoms with Crippen LogP contribution in [0.5, 0.6) is 0 Å². The molecular weight excluding hydrogens is 263 g/mol. The van der Waals surface area contributed by atoms with Gasteiger partial charge in [-0.2, -0.15) is 13.2 Å². The summed E-state index contributed by atoms with van der Waals surface area (Å²) in [5, 5.41) is 0. The summed E-state index contributed by atoms with van der Waals surface area (Å²) in [5.74, 6) is 0.0509. The third-order valence-corrected chi connectivity index (χ3v) is 2.81. The maximum absolute atomic E-state index is 12.9. The minimum atomic E-state index is -4.69. The number of carbonyl (C=O) groups excluding carboxylic acids is 2. The molecule has 2 atom stereocenters. The number of hydrogen-bond acceptors (Lipinski definition) is 3. The highest BCUT2D eigenvalue weighted by Crippen LogP contribution is 2.32. The Hall–Kier alpha value is -1.71. The van der Waals surface area contributed by atoms with E-state index in [4.69, 9.17) is 6.42 Å². The largest absolute Gasteiger partial charge is 0.466 e. The Balaban J connectivity index is 2.84. The van der Waals surface area contributed by atoms with E-state index < -0.39 is 36.4 Å². The number of halogens is 3. The van der Waals surface area contributed by atoms with Crippen LogP contribution in [0.1, 0.15) is 19.8 Å². The van der Waals surface area contributed by atoms with Crippen LogP contribution in [0.4, 0.5) is 13.2 Å². The number of amides is 1. The van der Waals surface area contributed by atoms with Crippen LogP contribution in [-0.2, 0) is 14.3 Å². The van der Waals surface area contributed by atoms with Crippen LogP contribution in [-0.4, -0.2) is 42.1 Å². The van der Waals surface area contributed by atoms with Gasteiger partial charge in [0.25, 0.3) is 0 Å². The lowest BCUT2D eigenvalue weighted by Crippen LogP contribution is -2.48. The summed E-state index contributed by atoms with van der Waals surface area (Å²) in [5.41, 5.74) is 0. The topological polar surface area (TPSA) is 46.6 Å². The van der Waals surface area contributed by atoms with Crippen LogP contribution in [0.25, 0.3) is 0 Å². The van der Waals surface area contributed by atoms with E-state index in [1.54, 1.807) is 0 Å². The number of ether oxygens (including phenoxy) is 1. The summed E-state index contributed by atoms with van der Waals surface area (Å²) in [4.78, 5) is 23.4. The first-order chi connectivity index (χ1) is 8.79. The van der Waals surface area contributed by atoms with Gasteiger partial charge in [-0.3, -0.25) is 9.59 Å². The van der Waals surface area contributed by atoms with Crippen LogP contribution in [0.3, 0.4) is 0 Å². The number of carbonyl (C=O) groups is 2. The molecule has 1 amide bonds. The Morgan fingerprint density at radius 1 is 1.63 bits per heavy atom. The van der Waals surface area contributed by atoms with Crippen LogP contribution >= 0.6 is 0 Å². The summed E-state index contributed by atoms with van der Waals surface area (Å²) >= 11 is 0. The van der Waals surface area contributed by atoms with Gasteiger partial charge >= 0.3 is 12.1 Å². The molecule has 4 nitrogen and oxygen atoms in total. The van der Waals surface area contributed by atoms with E-state index in [-0.39, 0.29) is 19.6 Å². The average molecular weight is 277 g/mol. The molecule has 106 valence electrons. The van der Waals surface area contributed by atoms with Crippen molar-refractivity contribution in [1.82, 2.24) is 4.90 Å². The van der Waals surface area contributed by atoms with Crippen molar-refractivity contribution >= 4 is 11.9 Å². The van der Waals surface area contributed by atoms with Crippen molar-refractivity contribution in [3.05, 3.63) is 0 Å². The number of esters is 1. The molecule has 2 unspecified atom stereocenters. The molecule has 0 aromatic carbocycles. The first-order valence-corrected chi connectivity index (χ1v) is 5.77. The lowest BCUT2D eigenvalue weighted by Gasteiger charge is -2.29. The van der Waals surface area contributed by atoms with Crippen LogP contribution in [0.2, 0.25) is 0 Å². The summed E-state index contributed by atoms with van der Waals surface area (Å²) < 4.78 is 43.3. The third-order valence-electron chi connectivity index (χ3n) is 2.81. The van der Waals surface area contributed by atoms with E-state index >= 15 is 0 Å². The molecule has 19 heavy (non-hydrogen) atoms. The lowest BCUT2D eigenvalue weighted by atomic mass is 10.1. The molecule has 1 rings (SSSR count). The van der Waals surface area contributed by atoms with E-state index in [0.29, 0.717) is 4.90 Å². The summed E-state index contributed by atoms with van der Waals surface area (Å²) in [7, 11) is 0. The first kappa shape index (κ1) is 15.3. The van der Waals surface area contributed by atoms with E-state index in [9.17, 15) is 22.8 Å². The van der Waals surface area contributed by atoms with Crippen molar-refractivity contribution < 1.29 is 27.5 Å². The Kier molecular flexibility index (Phi) is 4.81. The fraction of sp³-hybridized carbons (Fsp3) is 0.667. The van der Waals surface area contributed by atoms with Crippen LogP contribution in [0.15, 0.2) is 0 Å². The van der Waals surface area contributed by atoms with Crippen LogP contribution < -0.4 is 0 Å². The molecule has 0 spiro atoms. The van der Waals surface area contributed by atoms with Crippen molar-refractivity contribution in [3.8, 4) is 12.3 Å². The second kappa shape index (κ2) is 5.95. The molecule has 0 saturated carbocycles. The van der Waals surface area contributed by atoms with Gasteiger partial charge in [0, 0.05) is 18.9 Å². The quantitative estimate of drug-likeness (QED) is 0.575. The second-order valence-electron chi connectivity index (χ2n) is 4.18. The molecule has 0 aliphatic carbocycles. The van der Waals surface area contributed by atoms with Gasteiger partial charge in [-0.1, -0.05) is 0 Å². The number of terminal acetylenes is 1. The van der Waals surface area contributed by atoms with Gasteiger partial charge in [0.1, 0.15) is 6.04 Å². The normalized spacial score (nSPS) is 21.1. The maximum atomic E-state index is 12.9. The van der Waals surface area contributed by atoms with Gasteiger partial charge < -0.3 is 9.64 Å². The van der Waals surface area contributed by atoms with Gasteiger partial charge in [0.05, 0.1) is 13.0 Å². The molecule has 7 heteroatoms. The minimum Gasteiger partial charge on any atom is -0.466 e. The summed E-state index contributed by atoms with van der Waals surface area (Å²) in [6.07, 6.45) is -0.595. The molecule has 1 saturated heterocycles. The molecule has 1 heterocycles. The zero-order valence-corrected chi connectivity index (χ0v) is 10.4. The molecule has 0 bridgehead atoms. The summed E-state index contributed by atoms with van der Waals surface area (Å²) in [6, 6.07) is -2.17. The van der Waals surface area contributed by atoms with Gasteiger partial charge in [-0.15, -0.1) is 12.3 Å². The maximum Gasteiger partial charge on any atom is 0.409 e. The lowest BCUT2D eigenvalue weighted by molar-refractivity contribution is -0.193. The number of likely N-dealkylation sites (tertiary alicyclic amines) is 1. The fourth-order valence-corrected chi connectivity index (χ4v) is 1.92. The molecule has 0 aromatic heterocycles. The third kappa shape index (κ3) is 3.88. The van der Waals surface area contributed by atoms with E-state index in [1.807, 2.05) is 0 Å². The van der Waals surface area contributed by atoms with E-state index in [1.165, 1.54) is 6.92 Å². The van der Waals surface area contributed by atoms with Gasteiger partial charge in [0.2, 0.25) is 5.91 Å². The van der Waals surface area contributed by atoms with E-state index in [2.05, 4.69) is 10.7 Å². The molecular formula is C12H14F3NO3. The number of rotatable bonds is 4. The smallest absolute Gasteiger partial charge is 0.409 e.